The molecule has 0 spiro atoms. The van der Waals surface area contributed by atoms with Crippen molar-refractivity contribution in [3.63, 3.8) is 0 Å². The lowest BCUT2D eigenvalue weighted by molar-refractivity contribution is -0.119. The molecule has 1 aliphatic rings. The predicted octanol–water partition coefficient (Wildman–Crippen LogP) is 3.66. The third-order valence-electron chi connectivity index (χ3n) is 4.72. The van der Waals surface area contributed by atoms with Crippen molar-refractivity contribution in [2.45, 2.75) is 19.4 Å². The average Bonchev–Trinajstić information content (AvgIpc) is 2.69. The number of rotatable bonds is 6. The van der Waals surface area contributed by atoms with Crippen LogP contribution in [0.4, 0.5) is 16.2 Å². The van der Waals surface area contributed by atoms with Crippen LogP contribution in [0.25, 0.3) is 0 Å². The van der Waals surface area contributed by atoms with Crippen molar-refractivity contribution < 1.29 is 14.3 Å². The number of carbonyl (C=O) groups is 2. The molecule has 1 heterocycles. The fourth-order valence-corrected chi connectivity index (χ4v) is 3.34. The summed E-state index contributed by atoms with van der Waals surface area (Å²) < 4.78 is 4.84. The van der Waals surface area contributed by atoms with Gasteiger partial charge in [-0.2, -0.15) is 0 Å². The number of nitrogens with zero attached hydrogens (tertiary/aromatic N) is 2. The fourth-order valence-electron chi connectivity index (χ4n) is 3.34. The van der Waals surface area contributed by atoms with Crippen LogP contribution in [0.2, 0.25) is 0 Å². The van der Waals surface area contributed by atoms with Gasteiger partial charge in [0.15, 0.2) is 0 Å². The molecular weight excluding hydrogens is 342 g/mol. The Morgan fingerprint density at radius 1 is 1.15 bits per heavy atom. The van der Waals surface area contributed by atoms with Gasteiger partial charge < -0.3 is 15.0 Å². The zero-order valence-electron chi connectivity index (χ0n) is 15.7. The summed E-state index contributed by atoms with van der Waals surface area (Å²) in [6.45, 7) is 3.44. The topological polar surface area (TPSA) is 61.9 Å². The van der Waals surface area contributed by atoms with Crippen LogP contribution in [0.3, 0.4) is 0 Å². The van der Waals surface area contributed by atoms with Gasteiger partial charge in [-0.3, -0.25) is 9.69 Å². The van der Waals surface area contributed by atoms with Gasteiger partial charge in [0.1, 0.15) is 6.61 Å². The molecule has 6 heteroatoms. The van der Waals surface area contributed by atoms with E-state index in [1.165, 1.54) is 7.11 Å². The van der Waals surface area contributed by atoms with E-state index < -0.39 is 0 Å². The molecule has 6 nitrogen and oxygen atoms in total. The number of hydrogen-bond donors (Lipinski definition) is 1. The molecule has 0 saturated carbocycles. The van der Waals surface area contributed by atoms with Crippen LogP contribution in [0.15, 0.2) is 54.6 Å². The van der Waals surface area contributed by atoms with E-state index in [0.29, 0.717) is 12.2 Å². The van der Waals surface area contributed by atoms with Crippen molar-refractivity contribution >= 4 is 23.3 Å². The summed E-state index contributed by atoms with van der Waals surface area (Å²) in [7, 11) is 1.48. The van der Waals surface area contributed by atoms with E-state index in [-0.39, 0.29) is 24.6 Å². The number of methoxy groups -OCH3 is 1. The van der Waals surface area contributed by atoms with Gasteiger partial charge in [-0.25, -0.2) is 4.79 Å². The SMILES string of the molecule is COCC(=O)Nc1cccc(N2CCCN(C(C)c3ccccc3)C2=O)c1. The number of amides is 3. The average molecular weight is 367 g/mol. The molecule has 27 heavy (non-hydrogen) atoms. The molecule has 1 saturated heterocycles. The van der Waals surface area contributed by atoms with E-state index in [9.17, 15) is 9.59 Å². The van der Waals surface area contributed by atoms with Crippen LogP contribution in [-0.2, 0) is 9.53 Å². The van der Waals surface area contributed by atoms with Gasteiger partial charge in [-0.05, 0) is 37.1 Å². The fraction of sp³-hybridized carbons (Fsp3) is 0.333. The molecule has 1 unspecified atom stereocenters. The minimum Gasteiger partial charge on any atom is -0.375 e. The van der Waals surface area contributed by atoms with Crippen molar-refractivity contribution in [2.24, 2.45) is 0 Å². The van der Waals surface area contributed by atoms with Gasteiger partial charge in [0.25, 0.3) is 0 Å². The lowest BCUT2D eigenvalue weighted by Crippen LogP contribution is -2.50. The van der Waals surface area contributed by atoms with Gasteiger partial charge in [0.2, 0.25) is 5.91 Å². The smallest absolute Gasteiger partial charge is 0.324 e. The van der Waals surface area contributed by atoms with Crippen molar-refractivity contribution in [3.8, 4) is 0 Å². The highest BCUT2D eigenvalue weighted by Crippen LogP contribution is 2.28. The summed E-state index contributed by atoms with van der Waals surface area (Å²) >= 11 is 0. The van der Waals surface area contributed by atoms with E-state index >= 15 is 0 Å². The summed E-state index contributed by atoms with van der Waals surface area (Å²) in [5.74, 6) is -0.223. The summed E-state index contributed by atoms with van der Waals surface area (Å²) in [6, 6.07) is 17.4. The highest BCUT2D eigenvalue weighted by Gasteiger charge is 2.30. The Kier molecular flexibility index (Phi) is 6.08. The summed E-state index contributed by atoms with van der Waals surface area (Å²) in [5.41, 5.74) is 2.55. The zero-order valence-corrected chi connectivity index (χ0v) is 15.7. The standard InChI is InChI=1S/C21H25N3O3/c1-16(17-8-4-3-5-9-17)23-12-7-13-24(21(23)26)19-11-6-10-18(14-19)22-20(25)15-27-2/h3-6,8-11,14,16H,7,12-13,15H2,1-2H3,(H,22,25). The van der Waals surface area contributed by atoms with Crippen molar-refractivity contribution in [2.75, 3.05) is 37.0 Å². The molecular formula is C21H25N3O3. The predicted molar refractivity (Wildman–Crippen MR) is 106 cm³/mol. The highest BCUT2D eigenvalue weighted by molar-refractivity contribution is 5.95. The number of hydrogen-bond acceptors (Lipinski definition) is 3. The second-order valence-electron chi connectivity index (χ2n) is 6.60. The van der Waals surface area contributed by atoms with Crippen molar-refractivity contribution in [3.05, 3.63) is 60.2 Å². The molecule has 3 amide bonds. The zero-order chi connectivity index (χ0) is 19.2. The Bertz CT molecular complexity index is 794. The number of carbonyl (C=O) groups excluding carboxylic acids is 2. The molecule has 0 aromatic heterocycles. The molecule has 1 atom stereocenters. The third-order valence-corrected chi connectivity index (χ3v) is 4.72. The summed E-state index contributed by atoms with van der Waals surface area (Å²) in [4.78, 5) is 28.5. The summed E-state index contributed by atoms with van der Waals surface area (Å²) in [6.07, 6.45) is 0.892. The Hall–Kier alpha value is -2.86. The first-order valence-electron chi connectivity index (χ1n) is 9.12. The van der Waals surface area contributed by atoms with Gasteiger partial charge in [0, 0.05) is 31.6 Å². The second-order valence-corrected chi connectivity index (χ2v) is 6.60. The third kappa shape index (κ3) is 4.46. The van der Waals surface area contributed by atoms with Crippen molar-refractivity contribution in [1.29, 1.82) is 0 Å². The Morgan fingerprint density at radius 3 is 2.67 bits per heavy atom. The Morgan fingerprint density at radius 2 is 1.93 bits per heavy atom. The number of anilines is 2. The van der Waals surface area contributed by atoms with E-state index in [0.717, 1.165) is 24.2 Å². The molecule has 1 N–H and O–H groups in total. The first-order valence-corrected chi connectivity index (χ1v) is 9.12. The van der Waals surface area contributed by atoms with Gasteiger partial charge in [0.05, 0.1) is 6.04 Å². The normalized spacial score (nSPS) is 15.6. The van der Waals surface area contributed by atoms with Crippen LogP contribution in [-0.4, -0.2) is 43.6 Å². The maximum atomic E-state index is 13.1. The molecule has 0 radical (unpaired) electrons. The molecule has 1 fully saturated rings. The number of urea groups is 1. The number of nitrogens with one attached hydrogen (secondary N) is 1. The quantitative estimate of drug-likeness (QED) is 0.847. The van der Waals surface area contributed by atoms with Crippen LogP contribution >= 0.6 is 0 Å². The van der Waals surface area contributed by atoms with Gasteiger partial charge in [-0.15, -0.1) is 0 Å². The Balaban J connectivity index is 1.77. The Labute approximate surface area is 159 Å². The van der Waals surface area contributed by atoms with E-state index in [1.54, 1.807) is 11.0 Å². The van der Waals surface area contributed by atoms with Crippen LogP contribution < -0.4 is 10.2 Å². The van der Waals surface area contributed by atoms with E-state index in [1.807, 2.05) is 53.4 Å². The maximum absolute atomic E-state index is 13.1. The summed E-state index contributed by atoms with van der Waals surface area (Å²) in [5, 5.41) is 2.78. The molecule has 3 rings (SSSR count). The second kappa shape index (κ2) is 8.68. The van der Waals surface area contributed by atoms with Gasteiger partial charge >= 0.3 is 6.03 Å². The first-order chi connectivity index (χ1) is 13.1. The highest BCUT2D eigenvalue weighted by atomic mass is 16.5. The largest absolute Gasteiger partial charge is 0.375 e. The van der Waals surface area contributed by atoms with Crippen molar-refractivity contribution in [1.82, 2.24) is 4.90 Å². The molecule has 142 valence electrons. The number of benzene rings is 2. The minimum absolute atomic E-state index is 0.00472. The molecule has 0 aliphatic carbocycles. The van der Waals surface area contributed by atoms with Gasteiger partial charge in [-0.1, -0.05) is 36.4 Å². The lowest BCUT2D eigenvalue weighted by atomic mass is 10.1. The lowest BCUT2D eigenvalue weighted by Gasteiger charge is -2.39. The monoisotopic (exact) mass is 367 g/mol. The molecule has 0 bridgehead atoms. The van der Waals surface area contributed by atoms with E-state index in [2.05, 4.69) is 12.2 Å². The maximum Gasteiger partial charge on any atom is 0.324 e. The minimum atomic E-state index is -0.223. The van der Waals surface area contributed by atoms with Crippen LogP contribution in [0, 0.1) is 0 Å². The van der Waals surface area contributed by atoms with Crippen LogP contribution in [0.5, 0.6) is 0 Å². The molecule has 2 aromatic carbocycles. The number of ether oxygens (including phenoxy) is 1. The van der Waals surface area contributed by atoms with Crippen LogP contribution in [0.1, 0.15) is 24.9 Å². The molecule has 2 aromatic rings. The molecule has 1 aliphatic heterocycles. The first kappa shape index (κ1) is 18.9. The van der Waals surface area contributed by atoms with E-state index in [4.69, 9.17) is 4.74 Å².